The van der Waals surface area contributed by atoms with Crippen LogP contribution in [0, 0.1) is 11.8 Å². The second kappa shape index (κ2) is 9.54. The second-order valence-electron chi connectivity index (χ2n) is 5.44. The molecule has 0 saturated carbocycles. The molecule has 132 valence electrons. The predicted molar refractivity (Wildman–Crippen MR) is 115 cm³/mol. The van der Waals surface area contributed by atoms with E-state index in [1.807, 2.05) is 24.3 Å². The zero-order chi connectivity index (χ0) is 18.2. The maximum Gasteiger partial charge on any atom is 0.243 e. The molecule has 0 bridgehead atoms. The third-order valence-electron chi connectivity index (χ3n) is 3.49. The molecule has 0 atom stereocenters. The van der Waals surface area contributed by atoms with Gasteiger partial charge in [-0.3, -0.25) is 4.79 Å². The summed E-state index contributed by atoms with van der Waals surface area (Å²) in [7, 11) is 0. The highest BCUT2D eigenvalue weighted by Crippen LogP contribution is 2.38. The van der Waals surface area contributed by atoms with Crippen LogP contribution in [0.25, 0.3) is 19.5 Å². The number of carbonyl (C=O) groups is 1. The Labute approximate surface area is 166 Å². The predicted octanol–water partition coefficient (Wildman–Crippen LogP) is 6.03. The van der Waals surface area contributed by atoms with Crippen LogP contribution in [0.5, 0.6) is 0 Å². The molecule has 1 N–H and O–H groups in total. The summed E-state index contributed by atoms with van der Waals surface area (Å²) < 4.78 is 0. The van der Waals surface area contributed by atoms with E-state index in [-0.39, 0.29) is 5.91 Å². The van der Waals surface area contributed by atoms with Crippen molar-refractivity contribution in [3.63, 3.8) is 0 Å². The van der Waals surface area contributed by atoms with Crippen LogP contribution in [0.1, 0.15) is 24.6 Å². The van der Waals surface area contributed by atoms with E-state index < -0.39 is 0 Å². The molecule has 0 aliphatic heterocycles. The van der Waals surface area contributed by atoms with Crippen LogP contribution in [0.3, 0.4) is 0 Å². The van der Waals surface area contributed by atoms with E-state index in [1.54, 1.807) is 28.7 Å². The quantitative estimate of drug-likeness (QED) is 0.307. The van der Waals surface area contributed by atoms with Crippen molar-refractivity contribution in [2.75, 3.05) is 6.54 Å². The van der Waals surface area contributed by atoms with E-state index in [0.717, 1.165) is 17.7 Å². The van der Waals surface area contributed by atoms with Gasteiger partial charge in [-0.25, -0.2) is 0 Å². The standard InChI is InChI=1S/C21H19NOS3/c1-2-22-21(23)10-6-4-3-5-8-16-11-12-19(25-16)20-14-13-18(26-20)17-9-7-15-24-17/h6-7,9-15H,2-4H2,1H3,(H,22,23)/b10-6-. The van der Waals surface area contributed by atoms with E-state index in [1.165, 1.54) is 19.5 Å². The average Bonchev–Trinajstić information content (AvgIpc) is 3.39. The molecule has 1 amide bonds. The lowest BCUT2D eigenvalue weighted by Gasteiger charge is -1.93. The molecule has 0 radical (unpaired) electrons. The van der Waals surface area contributed by atoms with Gasteiger partial charge >= 0.3 is 0 Å². The number of hydrogen-bond donors (Lipinski definition) is 1. The SMILES string of the molecule is CCNC(=O)/C=C\CCC#Cc1ccc(-c2ccc(-c3cccs3)s2)s1. The summed E-state index contributed by atoms with van der Waals surface area (Å²) in [6, 6.07) is 12.9. The molecule has 3 aromatic heterocycles. The number of allylic oxidation sites excluding steroid dienone is 1. The first-order valence-electron chi connectivity index (χ1n) is 8.43. The minimum atomic E-state index is -0.0405. The molecule has 2 nitrogen and oxygen atoms in total. The van der Waals surface area contributed by atoms with Crippen LogP contribution in [0.4, 0.5) is 0 Å². The molecule has 0 spiro atoms. The number of amides is 1. The summed E-state index contributed by atoms with van der Waals surface area (Å²) in [4.78, 5) is 17.5. The molecular formula is C21H19NOS3. The maximum absolute atomic E-state index is 11.3. The normalized spacial score (nSPS) is 10.7. The van der Waals surface area contributed by atoms with Crippen molar-refractivity contribution < 1.29 is 4.79 Å². The van der Waals surface area contributed by atoms with Gasteiger partial charge in [-0.15, -0.1) is 34.0 Å². The van der Waals surface area contributed by atoms with Gasteiger partial charge in [0.2, 0.25) is 5.91 Å². The Hall–Kier alpha value is -2.13. The van der Waals surface area contributed by atoms with Gasteiger partial charge in [0.1, 0.15) is 0 Å². The fraction of sp³-hybridized carbons (Fsp3) is 0.190. The largest absolute Gasteiger partial charge is 0.353 e. The Bertz CT molecular complexity index is 935. The van der Waals surface area contributed by atoms with Crippen molar-refractivity contribution in [3.8, 4) is 31.3 Å². The Morgan fingerprint density at radius 3 is 2.62 bits per heavy atom. The summed E-state index contributed by atoms with van der Waals surface area (Å²) in [5, 5.41) is 4.84. The highest BCUT2D eigenvalue weighted by molar-refractivity contribution is 7.26. The molecule has 0 aliphatic rings. The van der Waals surface area contributed by atoms with Gasteiger partial charge < -0.3 is 5.32 Å². The molecule has 3 aromatic rings. The van der Waals surface area contributed by atoms with Gasteiger partial charge in [0.05, 0.1) is 4.88 Å². The number of thiophene rings is 3. The monoisotopic (exact) mass is 397 g/mol. The number of likely N-dealkylation sites (N-methyl/N-ethyl adjacent to an activating group) is 1. The summed E-state index contributed by atoms with van der Waals surface area (Å²) in [5.41, 5.74) is 0. The van der Waals surface area contributed by atoms with Crippen LogP contribution in [0.2, 0.25) is 0 Å². The fourth-order valence-corrected chi connectivity index (χ4v) is 5.10. The molecule has 0 unspecified atom stereocenters. The van der Waals surface area contributed by atoms with Crippen molar-refractivity contribution in [3.05, 3.63) is 58.8 Å². The van der Waals surface area contributed by atoms with Crippen molar-refractivity contribution in [2.45, 2.75) is 19.8 Å². The van der Waals surface area contributed by atoms with Crippen LogP contribution < -0.4 is 5.32 Å². The van der Waals surface area contributed by atoms with Gasteiger partial charge in [0, 0.05) is 32.5 Å². The molecule has 26 heavy (non-hydrogen) atoms. The fourth-order valence-electron chi connectivity index (χ4n) is 2.29. The summed E-state index contributed by atoms with van der Waals surface area (Å²) >= 11 is 5.33. The van der Waals surface area contributed by atoms with Crippen LogP contribution in [0.15, 0.2) is 53.9 Å². The lowest BCUT2D eigenvalue weighted by molar-refractivity contribution is -0.116. The highest BCUT2D eigenvalue weighted by atomic mass is 32.1. The minimum Gasteiger partial charge on any atom is -0.353 e. The summed E-state index contributed by atoms with van der Waals surface area (Å²) in [5.74, 6) is 6.37. The maximum atomic E-state index is 11.3. The first kappa shape index (κ1) is 18.7. The molecular weight excluding hydrogens is 378 g/mol. The molecule has 0 aliphatic carbocycles. The molecule has 5 heteroatoms. The van der Waals surface area contributed by atoms with E-state index >= 15 is 0 Å². The third kappa shape index (κ3) is 5.18. The van der Waals surface area contributed by atoms with Gasteiger partial charge in [-0.1, -0.05) is 24.0 Å². The Kier molecular flexibility index (Phi) is 6.84. The Morgan fingerprint density at radius 1 is 1.08 bits per heavy atom. The molecule has 0 aromatic carbocycles. The lowest BCUT2D eigenvalue weighted by Crippen LogP contribution is -2.19. The molecule has 3 rings (SSSR count). The number of nitrogens with one attached hydrogen (secondary N) is 1. The average molecular weight is 398 g/mol. The number of unbranched alkanes of at least 4 members (excludes halogenated alkanes) is 1. The van der Waals surface area contributed by atoms with Crippen molar-refractivity contribution >= 4 is 39.9 Å². The zero-order valence-corrected chi connectivity index (χ0v) is 16.9. The minimum absolute atomic E-state index is 0.0405. The smallest absolute Gasteiger partial charge is 0.243 e. The summed E-state index contributed by atoms with van der Waals surface area (Å²) in [6.07, 6.45) is 5.00. The Balaban J connectivity index is 1.55. The van der Waals surface area contributed by atoms with Gasteiger partial charge in [0.15, 0.2) is 0 Å². The first-order chi connectivity index (χ1) is 12.8. The van der Waals surface area contributed by atoms with Crippen LogP contribution in [-0.4, -0.2) is 12.5 Å². The molecule has 0 fully saturated rings. The number of rotatable bonds is 6. The third-order valence-corrected chi connectivity index (χ3v) is 6.83. The van der Waals surface area contributed by atoms with Crippen LogP contribution in [-0.2, 0) is 4.79 Å². The van der Waals surface area contributed by atoms with Crippen molar-refractivity contribution in [1.29, 1.82) is 0 Å². The number of hydrogen-bond acceptors (Lipinski definition) is 4. The van der Waals surface area contributed by atoms with Gasteiger partial charge in [0.25, 0.3) is 0 Å². The van der Waals surface area contributed by atoms with Gasteiger partial charge in [-0.05, 0) is 55.1 Å². The van der Waals surface area contributed by atoms with E-state index in [2.05, 4.69) is 58.9 Å². The van der Waals surface area contributed by atoms with Crippen molar-refractivity contribution in [2.24, 2.45) is 0 Å². The molecule has 0 saturated heterocycles. The van der Waals surface area contributed by atoms with Crippen molar-refractivity contribution in [1.82, 2.24) is 5.32 Å². The second-order valence-corrected chi connectivity index (χ2v) is 8.56. The summed E-state index contributed by atoms with van der Waals surface area (Å²) in [6.45, 7) is 2.56. The lowest BCUT2D eigenvalue weighted by atomic mass is 10.3. The van der Waals surface area contributed by atoms with Crippen LogP contribution >= 0.6 is 34.0 Å². The zero-order valence-electron chi connectivity index (χ0n) is 14.5. The highest BCUT2D eigenvalue weighted by Gasteiger charge is 2.07. The van der Waals surface area contributed by atoms with E-state index in [0.29, 0.717) is 6.54 Å². The van der Waals surface area contributed by atoms with Gasteiger partial charge in [-0.2, -0.15) is 0 Å². The molecule has 3 heterocycles. The Morgan fingerprint density at radius 2 is 1.85 bits per heavy atom. The first-order valence-corrected chi connectivity index (χ1v) is 10.9. The topological polar surface area (TPSA) is 29.1 Å². The number of carbonyl (C=O) groups excluding carboxylic acids is 1. The van der Waals surface area contributed by atoms with E-state index in [9.17, 15) is 4.79 Å². The van der Waals surface area contributed by atoms with E-state index in [4.69, 9.17) is 0 Å².